The third-order valence-corrected chi connectivity index (χ3v) is 2.15. The van der Waals surface area contributed by atoms with Crippen LogP contribution in [0.25, 0.3) is 0 Å². The van der Waals surface area contributed by atoms with Crippen molar-refractivity contribution in [2.45, 2.75) is 26.2 Å². The van der Waals surface area contributed by atoms with E-state index >= 15 is 0 Å². The van der Waals surface area contributed by atoms with Crippen molar-refractivity contribution in [3.05, 3.63) is 23.8 Å². The lowest BCUT2D eigenvalue weighted by Gasteiger charge is -2.09. The van der Waals surface area contributed by atoms with Crippen molar-refractivity contribution in [3.8, 4) is 0 Å². The molecule has 62 valence electrons. The van der Waals surface area contributed by atoms with Gasteiger partial charge in [-0.2, -0.15) is 0 Å². The van der Waals surface area contributed by atoms with Crippen molar-refractivity contribution in [2.24, 2.45) is 5.92 Å². The third kappa shape index (κ3) is 2.19. The molecule has 1 rings (SSSR count). The Morgan fingerprint density at radius 2 is 2.36 bits per heavy atom. The van der Waals surface area contributed by atoms with Crippen LogP contribution in [0.4, 0.5) is 0 Å². The van der Waals surface area contributed by atoms with Gasteiger partial charge in [-0.05, 0) is 12.8 Å². The van der Waals surface area contributed by atoms with Gasteiger partial charge in [-0.1, -0.05) is 37.1 Å². The minimum absolute atomic E-state index is 0.270. The van der Waals surface area contributed by atoms with Crippen LogP contribution in [0.1, 0.15) is 26.2 Å². The molecule has 1 nitrogen and oxygen atoms in total. The number of unbranched alkanes of at least 4 members (excludes halogenated alkanes) is 1. The number of allylic oxidation sites excluding steroid dienone is 2. The van der Waals surface area contributed by atoms with Gasteiger partial charge in [0.15, 0.2) is 0 Å². The normalized spacial score (nSPS) is 22.4. The lowest BCUT2D eigenvalue weighted by atomic mass is 9.99. The Bertz CT molecular complexity index is 168. The molecule has 1 unspecified atom stereocenters. The third-order valence-electron chi connectivity index (χ3n) is 2.15. The van der Waals surface area contributed by atoms with E-state index in [0.717, 1.165) is 6.42 Å². The summed E-state index contributed by atoms with van der Waals surface area (Å²) >= 11 is 0. The largest absolute Gasteiger partial charge is 0.395 e. The van der Waals surface area contributed by atoms with E-state index in [9.17, 15) is 0 Å². The van der Waals surface area contributed by atoms with Gasteiger partial charge in [0, 0.05) is 5.92 Å². The summed E-state index contributed by atoms with van der Waals surface area (Å²) in [6.45, 7) is 2.46. The van der Waals surface area contributed by atoms with Gasteiger partial charge in [0.2, 0.25) is 0 Å². The Labute approximate surface area is 68.4 Å². The molecule has 1 N–H and O–H groups in total. The van der Waals surface area contributed by atoms with E-state index in [1.165, 1.54) is 18.4 Å². The van der Waals surface area contributed by atoms with Crippen LogP contribution in [0.15, 0.2) is 23.8 Å². The molecule has 0 bridgehead atoms. The van der Waals surface area contributed by atoms with E-state index in [-0.39, 0.29) is 6.61 Å². The van der Waals surface area contributed by atoms with Gasteiger partial charge in [-0.3, -0.25) is 0 Å². The summed E-state index contributed by atoms with van der Waals surface area (Å²) in [5, 5.41) is 8.94. The maximum atomic E-state index is 8.94. The number of hydrogen-bond acceptors (Lipinski definition) is 1. The average Bonchev–Trinajstić information content (AvgIpc) is 2.47. The van der Waals surface area contributed by atoms with Crippen molar-refractivity contribution < 1.29 is 5.11 Å². The fourth-order valence-electron chi connectivity index (χ4n) is 1.39. The summed E-state index contributed by atoms with van der Waals surface area (Å²) in [5.74, 6) is 0.321. The van der Waals surface area contributed by atoms with E-state index in [2.05, 4.69) is 19.1 Å². The highest BCUT2D eigenvalue weighted by molar-refractivity contribution is 5.27. The van der Waals surface area contributed by atoms with Gasteiger partial charge < -0.3 is 5.11 Å². The van der Waals surface area contributed by atoms with Gasteiger partial charge in [-0.25, -0.2) is 0 Å². The quantitative estimate of drug-likeness (QED) is 0.655. The first-order valence-electron chi connectivity index (χ1n) is 4.36. The fourth-order valence-corrected chi connectivity index (χ4v) is 1.39. The first-order valence-corrected chi connectivity index (χ1v) is 4.36. The molecule has 1 aliphatic rings. The molecule has 0 spiro atoms. The van der Waals surface area contributed by atoms with E-state index in [1.807, 2.05) is 6.08 Å². The highest BCUT2D eigenvalue weighted by Gasteiger charge is 2.11. The molecule has 0 aliphatic heterocycles. The lowest BCUT2D eigenvalue weighted by Crippen LogP contribution is -2.03. The summed E-state index contributed by atoms with van der Waals surface area (Å²) in [6.07, 6.45) is 9.88. The van der Waals surface area contributed by atoms with Gasteiger partial charge in [0.1, 0.15) is 0 Å². The number of rotatable bonds is 4. The van der Waals surface area contributed by atoms with Crippen molar-refractivity contribution in [1.29, 1.82) is 0 Å². The summed E-state index contributed by atoms with van der Waals surface area (Å²) in [5.41, 5.74) is 1.40. The van der Waals surface area contributed by atoms with E-state index < -0.39 is 0 Å². The van der Waals surface area contributed by atoms with E-state index in [0.29, 0.717) is 5.92 Å². The standard InChI is InChI=1S/C10H16O/c1-2-3-5-9-6-4-7-10(9)8-11/h4,6-7,10-11H,2-3,5,8H2,1H3. The van der Waals surface area contributed by atoms with Gasteiger partial charge in [0.05, 0.1) is 6.61 Å². The van der Waals surface area contributed by atoms with Crippen LogP contribution in [0, 0.1) is 5.92 Å². The van der Waals surface area contributed by atoms with Crippen LogP contribution in [0.3, 0.4) is 0 Å². The Morgan fingerprint density at radius 3 is 3.00 bits per heavy atom. The predicted molar refractivity (Wildman–Crippen MR) is 47.3 cm³/mol. The van der Waals surface area contributed by atoms with Crippen LogP contribution >= 0.6 is 0 Å². The topological polar surface area (TPSA) is 20.2 Å². The zero-order valence-electron chi connectivity index (χ0n) is 7.09. The van der Waals surface area contributed by atoms with Gasteiger partial charge in [-0.15, -0.1) is 0 Å². The second-order valence-corrected chi connectivity index (χ2v) is 3.02. The Kier molecular flexibility index (Phi) is 3.37. The molecule has 0 fully saturated rings. The summed E-state index contributed by atoms with van der Waals surface area (Å²) in [7, 11) is 0. The molecular formula is C10H16O. The molecule has 1 aliphatic carbocycles. The molecule has 0 heterocycles. The molecule has 0 aromatic carbocycles. The van der Waals surface area contributed by atoms with Crippen LogP contribution in [0.5, 0.6) is 0 Å². The molecule has 0 saturated carbocycles. The Hall–Kier alpha value is -0.560. The Balaban J connectivity index is 2.34. The monoisotopic (exact) mass is 152 g/mol. The number of aliphatic hydroxyl groups is 1. The maximum absolute atomic E-state index is 8.94. The van der Waals surface area contributed by atoms with Gasteiger partial charge in [0.25, 0.3) is 0 Å². The summed E-state index contributed by atoms with van der Waals surface area (Å²) in [6, 6.07) is 0. The minimum atomic E-state index is 0.270. The zero-order valence-corrected chi connectivity index (χ0v) is 7.09. The molecule has 1 atom stereocenters. The van der Waals surface area contributed by atoms with Crippen molar-refractivity contribution in [3.63, 3.8) is 0 Å². The molecule has 0 aromatic heterocycles. The first-order chi connectivity index (χ1) is 5.38. The second-order valence-electron chi connectivity index (χ2n) is 3.02. The number of hydrogen-bond donors (Lipinski definition) is 1. The highest BCUT2D eigenvalue weighted by atomic mass is 16.3. The molecule has 0 amide bonds. The molecule has 0 saturated heterocycles. The average molecular weight is 152 g/mol. The summed E-state index contributed by atoms with van der Waals surface area (Å²) in [4.78, 5) is 0. The second kappa shape index (κ2) is 4.35. The molecular weight excluding hydrogens is 136 g/mol. The fraction of sp³-hybridized carbons (Fsp3) is 0.600. The number of aliphatic hydroxyl groups excluding tert-OH is 1. The highest BCUT2D eigenvalue weighted by Crippen LogP contribution is 2.23. The van der Waals surface area contributed by atoms with Gasteiger partial charge >= 0.3 is 0 Å². The van der Waals surface area contributed by atoms with Crippen LogP contribution in [-0.2, 0) is 0 Å². The predicted octanol–water partition coefficient (Wildman–Crippen LogP) is 2.28. The zero-order chi connectivity index (χ0) is 8.10. The SMILES string of the molecule is CCCCC1=CC=CC1CO. The van der Waals surface area contributed by atoms with E-state index in [4.69, 9.17) is 5.11 Å². The van der Waals surface area contributed by atoms with Crippen molar-refractivity contribution >= 4 is 0 Å². The van der Waals surface area contributed by atoms with Crippen molar-refractivity contribution in [2.75, 3.05) is 6.61 Å². The molecule has 0 aromatic rings. The summed E-state index contributed by atoms with van der Waals surface area (Å²) < 4.78 is 0. The first kappa shape index (κ1) is 8.54. The van der Waals surface area contributed by atoms with Crippen molar-refractivity contribution in [1.82, 2.24) is 0 Å². The van der Waals surface area contributed by atoms with E-state index in [1.54, 1.807) is 0 Å². The lowest BCUT2D eigenvalue weighted by molar-refractivity contribution is 0.267. The van der Waals surface area contributed by atoms with Crippen LogP contribution < -0.4 is 0 Å². The van der Waals surface area contributed by atoms with Crippen LogP contribution in [0.2, 0.25) is 0 Å². The molecule has 1 heteroatoms. The van der Waals surface area contributed by atoms with Crippen LogP contribution in [-0.4, -0.2) is 11.7 Å². The molecule has 11 heavy (non-hydrogen) atoms. The smallest absolute Gasteiger partial charge is 0.0531 e. The Morgan fingerprint density at radius 1 is 1.55 bits per heavy atom. The minimum Gasteiger partial charge on any atom is -0.395 e. The maximum Gasteiger partial charge on any atom is 0.0531 e. The molecule has 0 radical (unpaired) electrons.